The van der Waals surface area contributed by atoms with Crippen molar-refractivity contribution in [3.63, 3.8) is 0 Å². The van der Waals surface area contributed by atoms with Gasteiger partial charge in [0.1, 0.15) is 23.8 Å². The van der Waals surface area contributed by atoms with E-state index in [4.69, 9.17) is 9.88 Å². The number of benzene rings is 2. The molecular formula is C19H22N4O6S. The van der Waals surface area contributed by atoms with Crippen LogP contribution in [0, 0.1) is 0 Å². The zero-order valence-electron chi connectivity index (χ0n) is 15.8. The van der Waals surface area contributed by atoms with E-state index in [0.717, 1.165) is 11.3 Å². The number of fused-ring (bicyclic) bond motifs is 1. The molecule has 1 aliphatic heterocycles. The number of nitrogens with zero attached hydrogens (tertiary/aromatic N) is 2. The van der Waals surface area contributed by atoms with Gasteiger partial charge in [-0.3, -0.25) is 4.18 Å². The molecule has 0 amide bonds. The van der Waals surface area contributed by atoms with Crippen LogP contribution in [0.4, 0.5) is 5.69 Å². The number of anilines is 1. The maximum Gasteiger partial charge on any atom is 0.333 e. The summed E-state index contributed by atoms with van der Waals surface area (Å²) in [7, 11) is -4.19. The highest BCUT2D eigenvalue weighted by atomic mass is 32.2. The molecule has 0 unspecified atom stereocenters. The predicted octanol–water partition coefficient (Wildman–Crippen LogP) is 0.488. The Morgan fingerprint density at radius 3 is 2.63 bits per heavy atom. The summed E-state index contributed by atoms with van der Waals surface area (Å²) in [6, 6.07) is 15.5. The van der Waals surface area contributed by atoms with Crippen molar-refractivity contribution in [2.45, 2.75) is 31.1 Å². The largest absolute Gasteiger partial charge is 0.387 e. The number of imidazole rings is 1. The van der Waals surface area contributed by atoms with Crippen molar-refractivity contribution < 1.29 is 27.6 Å². The number of nitrogens with one attached hydrogen (secondary N) is 1. The molecule has 2 aromatic carbocycles. The van der Waals surface area contributed by atoms with Crippen LogP contribution in [0.15, 0.2) is 54.9 Å². The predicted molar refractivity (Wildman–Crippen MR) is 108 cm³/mol. The van der Waals surface area contributed by atoms with Gasteiger partial charge in [-0.15, -0.1) is 0 Å². The third-order valence-electron chi connectivity index (χ3n) is 4.94. The van der Waals surface area contributed by atoms with Gasteiger partial charge < -0.3 is 24.8 Å². The Balaban J connectivity index is 1.55. The summed E-state index contributed by atoms with van der Waals surface area (Å²) in [5.41, 5.74) is 3.27. The van der Waals surface area contributed by atoms with Gasteiger partial charge in [-0.2, -0.15) is 8.42 Å². The van der Waals surface area contributed by atoms with Crippen LogP contribution in [0.1, 0.15) is 11.8 Å². The minimum absolute atomic E-state index is 0.510. The summed E-state index contributed by atoms with van der Waals surface area (Å²) in [6.45, 7) is 0.102. The minimum Gasteiger partial charge on any atom is -0.387 e. The average Bonchev–Trinajstić information content (AvgIpc) is 3.27. The first-order chi connectivity index (χ1) is 14.3. The number of aliphatic hydroxyl groups is 2. The van der Waals surface area contributed by atoms with Gasteiger partial charge in [0.05, 0.1) is 24.1 Å². The molecule has 3 aromatic rings. The molecule has 11 heteroatoms. The summed E-state index contributed by atoms with van der Waals surface area (Å²) in [4.78, 5) is 4.43. The highest BCUT2D eigenvalue weighted by Crippen LogP contribution is 2.33. The van der Waals surface area contributed by atoms with Crippen molar-refractivity contribution in [2.75, 3.05) is 11.9 Å². The molecular weight excluding hydrogens is 412 g/mol. The molecule has 160 valence electrons. The molecule has 30 heavy (non-hydrogen) atoms. The van der Waals surface area contributed by atoms with Crippen LogP contribution in [0.3, 0.4) is 0 Å². The molecule has 0 saturated carbocycles. The number of hydrogen-bond donors (Lipinski definition) is 4. The average molecular weight is 434 g/mol. The van der Waals surface area contributed by atoms with Crippen LogP contribution in [0.5, 0.6) is 0 Å². The van der Waals surface area contributed by atoms with Gasteiger partial charge in [-0.1, -0.05) is 36.4 Å². The fourth-order valence-electron chi connectivity index (χ4n) is 3.45. The number of aromatic nitrogens is 2. The molecule has 4 rings (SSSR count). The van der Waals surface area contributed by atoms with Gasteiger partial charge in [0.2, 0.25) is 0 Å². The van der Waals surface area contributed by atoms with Gasteiger partial charge in [0.15, 0.2) is 6.23 Å². The third kappa shape index (κ3) is 4.31. The van der Waals surface area contributed by atoms with Crippen LogP contribution in [-0.2, 0) is 25.8 Å². The molecule has 1 aromatic heterocycles. The van der Waals surface area contributed by atoms with Gasteiger partial charge in [0.25, 0.3) is 0 Å². The Kier molecular flexibility index (Phi) is 5.73. The first-order valence-electron chi connectivity index (χ1n) is 9.25. The number of nitrogens with two attached hydrogens (primary N) is 1. The van der Waals surface area contributed by atoms with E-state index in [-0.39, 0.29) is 0 Å². The van der Waals surface area contributed by atoms with Crippen LogP contribution in [0.25, 0.3) is 11.0 Å². The normalized spacial score (nSPS) is 24.4. The third-order valence-corrected chi connectivity index (χ3v) is 5.40. The fraction of sp³-hybridized carbons (Fsp3) is 0.316. The lowest BCUT2D eigenvalue weighted by Gasteiger charge is -2.17. The lowest BCUT2D eigenvalue weighted by molar-refractivity contribution is -0.0465. The van der Waals surface area contributed by atoms with E-state index >= 15 is 0 Å². The molecule has 0 aliphatic carbocycles. The maximum atomic E-state index is 11.0. The molecule has 10 nitrogen and oxygen atoms in total. The van der Waals surface area contributed by atoms with Crippen molar-refractivity contribution in [1.29, 1.82) is 0 Å². The van der Waals surface area contributed by atoms with Crippen LogP contribution >= 0.6 is 0 Å². The highest BCUT2D eigenvalue weighted by molar-refractivity contribution is 7.84. The summed E-state index contributed by atoms with van der Waals surface area (Å²) in [5.74, 6) is 0. The molecule has 0 bridgehead atoms. The lowest BCUT2D eigenvalue weighted by atomic mass is 10.1. The van der Waals surface area contributed by atoms with E-state index in [9.17, 15) is 18.6 Å². The van der Waals surface area contributed by atoms with Gasteiger partial charge in [0, 0.05) is 6.54 Å². The Hall–Kier alpha value is -2.54. The number of hydrogen-bond acceptors (Lipinski definition) is 8. The fourth-order valence-corrected chi connectivity index (χ4v) is 3.78. The topological polar surface area (TPSA) is 149 Å². The van der Waals surface area contributed by atoms with E-state index in [2.05, 4.69) is 14.5 Å². The molecule has 1 saturated heterocycles. The highest BCUT2D eigenvalue weighted by Gasteiger charge is 2.44. The SMILES string of the molecule is NS(=O)(=O)OC[C@H]1O[C@@H](n2cnc3c(NCc4ccccc4)cccc32)[C@H](O)[C@@H]1O. The zero-order valence-corrected chi connectivity index (χ0v) is 16.6. The van der Waals surface area contributed by atoms with E-state index in [1.165, 1.54) is 6.33 Å². The van der Waals surface area contributed by atoms with E-state index < -0.39 is 41.5 Å². The quantitative estimate of drug-likeness (QED) is 0.420. The molecule has 0 radical (unpaired) electrons. The van der Waals surface area contributed by atoms with Gasteiger partial charge >= 0.3 is 10.3 Å². The molecule has 1 fully saturated rings. The van der Waals surface area contributed by atoms with Crippen LogP contribution < -0.4 is 10.5 Å². The Morgan fingerprint density at radius 2 is 1.90 bits per heavy atom. The van der Waals surface area contributed by atoms with Gasteiger partial charge in [-0.25, -0.2) is 10.1 Å². The summed E-state index contributed by atoms with van der Waals surface area (Å²) < 4.78 is 33.7. The Bertz CT molecular complexity index is 1120. The summed E-state index contributed by atoms with van der Waals surface area (Å²) in [5, 5.41) is 28.8. The van der Waals surface area contributed by atoms with E-state index in [1.54, 1.807) is 4.57 Å². The number of rotatable bonds is 7. The summed E-state index contributed by atoms with van der Waals surface area (Å²) in [6.07, 6.45) is -3.20. The molecule has 1 aliphatic rings. The second-order valence-corrected chi connectivity index (χ2v) is 8.21. The number of aliphatic hydroxyl groups excluding tert-OH is 2. The Morgan fingerprint density at radius 1 is 1.13 bits per heavy atom. The standard InChI is InChI=1S/C19H22N4O6S/c20-30(26,27)28-10-15-17(24)18(25)19(29-15)23-11-22-16-13(7-4-8-14(16)23)21-9-12-5-2-1-3-6-12/h1-8,11,15,17-19,21,24-25H,9-10H2,(H2,20,26,27)/t15-,17-,18-,19-/m1/s1. The van der Waals surface area contributed by atoms with Crippen molar-refractivity contribution in [3.05, 3.63) is 60.4 Å². The molecule has 0 spiro atoms. The smallest absolute Gasteiger partial charge is 0.333 e. The Labute approximate surface area is 173 Å². The first-order valence-corrected chi connectivity index (χ1v) is 10.7. The second kappa shape index (κ2) is 8.30. The van der Waals surface area contributed by atoms with Crippen molar-refractivity contribution in [3.8, 4) is 0 Å². The molecule has 5 N–H and O–H groups in total. The monoisotopic (exact) mass is 434 g/mol. The van der Waals surface area contributed by atoms with Crippen molar-refractivity contribution >= 4 is 27.0 Å². The lowest BCUT2D eigenvalue weighted by Crippen LogP contribution is -2.35. The minimum atomic E-state index is -4.19. The van der Waals surface area contributed by atoms with Crippen LogP contribution in [0.2, 0.25) is 0 Å². The van der Waals surface area contributed by atoms with E-state index in [0.29, 0.717) is 17.6 Å². The second-order valence-electron chi connectivity index (χ2n) is 6.99. The van der Waals surface area contributed by atoms with Crippen LogP contribution in [-0.4, -0.2) is 53.1 Å². The first kappa shape index (κ1) is 20.7. The zero-order chi connectivity index (χ0) is 21.3. The molecule has 4 atom stereocenters. The number of ether oxygens (including phenoxy) is 1. The van der Waals surface area contributed by atoms with Crippen molar-refractivity contribution in [1.82, 2.24) is 9.55 Å². The number of para-hydroxylation sites is 1. The summed E-state index contributed by atoms with van der Waals surface area (Å²) >= 11 is 0. The van der Waals surface area contributed by atoms with Gasteiger partial charge in [-0.05, 0) is 17.7 Å². The maximum absolute atomic E-state index is 11.0. The van der Waals surface area contributed by atoms with Crippen molar-refractivity contribution in [2.24, 2.45) is 5.14 Å². The molecule has 2 heterocycles. The van der Waals surface area contributed by atoms with E-state index in [1.807, 2.05) is 48.5 Å².